The standard InChI is InChI=1S/C37H58ClN5O4/c1-6-40(7-2)35(45)42(29-11-9-8-10-12-29)30-19-21-41(22-20-30)34(44)33(23-26-13-15-27(38)16-14-26)39-28-24-31-17-18-32(25-28)43(31)36(46)47-37(3,4)5/h13-16,28-33,39H,6-12,17-25H2,1-5H3/t28?,31?,32?,33-/m1/s1. The molecule has 47 heavy (non-hydrogen) atoms. The quantitative estimate of drug-likeness (QED) is 0.310. The van der Waals surface area contributed by atoms with E-state index in [1.165, 1.54) is 19.3 Å². The molecule has 5 rings (SSSR count). The highest BCUT2D eigenvalue weighted by atomic mass is 35.5. The van der Waals surface area contributed by atoms with E-state index in [9.17, 15) is 14.4 Å². The van der Waals surface area contributed by atoms with Crippen molar-refractivity contribution >= 4 is 29.6 Å². The summed E-state index contributed by atoms with van der Waals surface area (Å²) >= 11 is 6.20. The molecule has 4 amide bonds. The predicted molar refractivity (Wildman–Crippen MR) is 187 cm³/mol. The Hall–Kier alpha value is -2.52. The molecule has 1 saturated carbocycles. The van der Waals surface area contributed by atoms with Crippen LogP contribution in [-0.4, -0.2) is 106 Å². The second-order valence-electron chi connectivity index (χ2n) is 15.2. The van der Waals surface area contributed by atoms with Gasteiger partial charge < -0.3 is 29.7 Å². The van der Waals surface area contributed by atoms with Crippen LogP contribution in [0.4, 0.5) is 9.59 Å². The van der Waals surface area contributed by atoms with E-state index in [1.807, 2.05) is 59.7 Å². The van der Waals surface area contributed by atoms with Gasteiger partial charge in [0.25, 0.3) is 0 Å². The molecule has 3 atom stereocenters. The molecule has 0 aromatic heterocycles. The first-order valence-electron chi connectivity index (χ1n) is 18.3. The molecule has 1 aromatic carbocycles. The summed E-state index contributed by atoms with van der Waals surface area (Å²) < 4.78 is 5.75. The van der Waals surface area contributed by atoms with Gasteiger partial charge in [0.2, 0.25) is 5.91 Å². The molecule has 1 aliphatic carbocycles. The number of urea groups is 1. The minimum Gasteiger partial charge on any atom is -0.444 e. The van der Waals surface area contributed by atoms with Crippen molar-refractivity contribution in [2.45, 2.75) is 154 Å². The minimum atomic E-state index is -0.527. The molecule has 1 N–H and O–H groups in total. The molecule has 2 unspecified atom stereocenters. The van der Waals surface area contributed by atoms with Gasteiger partial charge in [-0.1, -0.05) is 43.0 Å². The van der Waals surface area contributed by atoms with E-state index < -0.39 is 5.60 Å². The smallest absolute Gasteiger partial charge is 0.410 e. The lowest BCUT2D eigenvalue weighted by atomic mass is 9.91. The molecular formula is C37H58ClN5O4. The summed E-state index contributed by atoms with van der Waals surface area (Å²) in [6.45, 7) is 12.6. The van der Waals surface area contributed by atoms with Crippen molar-refractivity contribution in [1.82, 2.24) is 24.9 Å². The number of rotatable bonds is 9. The van der Waals surface area contributed by atoms with E-state index >= 15 is 0 Å². The number of carbonyl (C=O) groups excluding carboxylic acids is 3. The van der Waals surface area contributed by atoms with Crippen molar-refractivity contribution in [2.75, 3.05) is 26.2 Å². The predicted octanol–water partition coefficient (Wildman–Crippen LogP) is 6.86. The maximum Gasteiger partial charge on any atom is 0.410 e. The van der Waals surface area contributed by atoms with Gasteiger partial charge >= 0.3 is 12.1 Å². The average Bonchev–Trinajstić information content (AvgIpc) is 3.32. The van der Waals surface area contributed by atoms with Crippen LogP contribution in [0.1, 0.15) is 111 Å². The number of halogens is 1. The molecule has 0 radical (unpaired) electrons. The number of fused-ring (bicyclic) bond motifs is 2. The minimum absolute atomic E-state index is 0.122. The number of nitrogens with zero attached hydrogens (tertiary/aromatic N) is 4. The van der Waals surface area contributed by atoms with E-state index in [2.05, 4.69) is 24.1 Å². The molecule has 0 spiro atoms. The second kappa shape index (κ2) is 15.8. The van der Waals surface area contributed by atoms with E-state index in [0.717, 1.165) is 56.9 Å². The molecule has 3 aliphatic heterocycles. The molecule has 9 nitrogen and oxygen atoms in total. The van der Waals surface area contributed by atoms with Gasteiger partial charge in [0, 0.05) is 61.4 Å². The first kappa shape index (κ1) is 35.8. The maximum atomic E-state index is 14.3. The van der Waals surface area contributed by atoms with E-state index in [4.69, 9.17) is 16.3 Å². The Labute approximate surface area is 287 Å². The third-order valence-electron chi connectivity index (χ3n) is 10.8. The van der Waals surface area contributed by atoms with Gasteiger partial charge in [0.1, 0.15) is 5.60 Å². The van der Waals surface area contributed by atoms with Gasteiger partial charge in [-0.2, -0.15) is 0 Å². The van der Waals surface area contributed by atoms with E-state index in [1.54, 1.807) is 0 Å². The summed E-state index contributed by atoms with van der Waals surface area (Å²) in [6.07, 6.45) is 11.3. The third kappa shape index (κ3) is 8.94. The van der Waals surface area contributed by atoms with Crippen molar-refractivity contribution in [3.05, 3.63) is 34.9 Å². The number of amides is 4. The monoisotopic (exact) mass is 671 g/mol. The van der Waals surface area contributed by atoms with Gasteiger partial charge in [-0.3, -0.25) is 4.79 Å². The highest BCUT2D eigenvalue weighted by molar-refractivity contribution is 6.30. The van der Waals surface area contributed by atoms with Crippen LogP contribution in [0, 0.1) is 0 Å². The summed E-state index contributed by atoms with van der Waals surface area (Å²) in [6, 6.07) is 8.41. The number of likely N-dealkylation sites (tertiary alicyclic amines) is 1. The second-order valence-corrected chi connectivity index (χ2v) is 15.6. The van der Waals surface area contributed by atoms with Crippen molar-refractivity contribution in [1.29, 1.82) is 0 Å². The number of nitrogens with one attached hydrogen (secondary N) is 1. The molecule has 3 heterocycles. The Morgan fingerprint density at radius 1 is 0.894 bits per heavy atom. The van der Waals surface area contributed by atoms with Gasteiger partial charge in [-0.25, -0.2) is 9.59 Å². The molecule has 2 bridgehead atoms. The summed E-state index contributed by atoms with van der Waals surface area (Å²) in [5.41, 5.74) is 0.541. The zero-order valence-corrected chi connectivity index (χ0v) is 30.1. The molecular weight excluding hydrogens is 614 g/mol. The largest absolute Gasteiger partial charge is 0.444 e. The van der Waals surface area contributed by atoms with Crippen LogP contribution in [0.2, 0.25) is 5.02 Å². The fourth-order valence-electron chi connectivity index (χ4n) is 8.50. The number of piperidine rings is 2. The van der Waals surface area contributed by atoms with Crippen molar-refractivity contribution in [3.63, 3.8) is 0 Å². The molecule has 3 saturated heterocycles. The Bertz CT molecular complexity index is 1190. The lowest BCUT2D eigenvalue weighted by Crippen LogP contribution is -2.59. The van der Waals surface area contributed by atoms with Crippen LogP contribution < -0.4 is 5.32 Å². The van der Waals surface area contributed by atoms with Crippen LogP contribution in [-0.2, 0) is 16.0 Å². The summed E-state index contributed by atoms with van der Waals surface area (Å²) in [4.78, 5) is 49.3. The van der Waals surface area contributed by atoms with Crippen LogP contribution in [0.15, 0.2) is 24.3 Å². The highest BCUT2D eigenvalue weighted by Crippen LogP contribution is 2.37. The summed E-state index contributed by atoms with van der Waals surface area (Å²) in [5, 5.41) is 4.46. The number of hydrogen-bond acceptors (Lipinski definition) is 5. The van der Waals surface area contributed by atoms with Crippen molar-refractivity contribution < 1.29 is 19.1 Å². The average molecular weight is 672 g/mol. The summed E-state index contributed by atoms with van der Waals surface area (Å²) in [5.74, 6) is 0.125. The lowest BCUT2D eigenvalue weighted by Gasteiger charge is -2.46. The van der Waals surface area contributed by atoms with Gasteiger partial charge in [0.15, 0.2) is 0 Å². The Kier molecular flexibility index (Phi) is 12.0. The van der Waals surface area contributed by atoms with Gasteiger partial charge in [-0.05, 0) is 110 Å². The summed E-state index contributed by atoms with van der Waals surface area (Å²) in [7, 11) is 0. The van der Waals surface area contributed by atoms with Crippen LogP contribution in [0.25, 0.3) is 0 Å². The molecule has 4 fully saturated rings. The maximum absolute atomic E-state index is 14.3. The fraction of sp³-hybridized carbons (Fsp3) is 0.757. The molecule has 10 heteroatoms. The Morgan fingerprint density at radius 2 is 1.47 bits per heavy atom. The fourth-order valence-corrected chi connectivity index (χ4v) is 8.62. The Morgan fingerprint density at radius 3 is 2.02 bits per heavy atom. The van der Waals surface area contributed by atoms with Gasteiger partial charge in [0.05, 0.1) is 6.04 Å². The van der Waals surface area contributed by atoms with E-state index in [-0.39, 0.29) is 48.2 Å². The number of carbonyl (C=O) groups is 3. The zero-order chi connectivity index (χ0) is 33.7. The molecule has 262 valence electrons. The Balaban J connectivity index is 1.26. The van der Waals surface area contributed by atoms with Crippen LogP contribution in [0.3, 0.4) is 0 Å². The molecule has 4 aliphatic rings. The SMILES string of the molecule is CCN(CC)C(=O)N(C1CCCCC1)C1CCN(C(=O)[C@@H](Cc2ccc(Cl)cc2)NC2CC3CCC(C2)N3C(=O)OC(C)(C)C)CC1. The van der Waals surface area contributed by atoms with Gasteiger partial charge in [-0.15, -0.1) is 0 Å². The first-order valence-corrected chi connectivity index (χ1v) is 18.7. The molecule has 1 aromatic rings. The number of benzene rings is 1. The first-order chi connectivity index (χ1) is 22.5. The van der Waals surface area contributed by atoms with Crippen LogP contribution >= 0.6 is 11.6 Å². The number of hydrogen-bond donors (Lipinski definition) is 1. The number of ether oxygens (including phenoxy) is 1. The van der Waals surface area contributed by atoms with Crippen molar-refractivity contribution in [2.24, 2.45) is 0 Å². The zero-order valence-electron chi connectivity index (χ0n) is 29.4. The normalized spacial score (nSPS) is 24.6. The topological polar surface area (TPSA) is 85.4 Å². The van der Waals surface area contributed by atoms with Crippen LogP contribution in [0.5, 0.6) is 0 Å². The van der Waals surface area contributed by atoms with Crippen molar-refractivity contribution in [3.8, 4) is 0 Å². The lowest BCUT2D eigenvalue weighted by molar-refractivity contribution is -0.135. The van der Waals surface area contributed by atoms with E-state index in [0.29, 0.717) is 43.7 Å². The third-order valence-corrected chi connectivity index (χ3v) is 11.1. The highest BCUT2D eigenvalue weighted by Gasteiger charge is 2.46.